The molecule has 9 heteroatoms. The van der Waals surface area contributed by atoms with Crippen LogP contribution < -0.4 is 19.4 Å². The third-order valence-electron chi connectivity index (χ3n) is 4.59. The van der Waals surface area contributed by atoms with Gasteiger partial charge in [0.15, 0.2) is 23.0 Å². The Bertz CT molecular complexity index is 1210. The van der Waals surface area contributed by atoms with Crippen LogP contribution in [0.3, 0.4) is 0 Å². The number of hydrogen-bond acceptors (Lipinski definition) is 7. The topological polar surface area (TPSA) is 110 Å². The molecule has 0 fully saturated rings. The summed E-state index contributed by atoms with van der Waals surface area (Å²) in [4.78, 5) is 25.2. The second-order valence-corrected chi connectivity index (χ2v) is 6.73. The molecule has 8 nitrogen and oxygen atoms in total. The number of allylic oxidation sites excluding steroid dienone is 1. The normalized spacial score (nSPS) is 11.8. The van der Waals surface area contributed by atoms with Crippen molar-refractivity contribution in [3.05, 3.63) is 94.5 Å². The van der Waals surface area contributed by atoms with E-state index in [9.17, 15) is 19.2 Å². The first-order valence-electron chi connectivity index (χ1n) is 9.62. The van der Waals surface area contributed by atoms with Crippen molar-refractivity contribution in [1.82, 2.24) is 0 Å². The van der Waals surface area contributed by atoms with E-state index in [0.717, 1.165) is 24.3 Å². The minimum Gasteiger partial charge on any atom is -0.595 e. The van der Waals surface area contributed by atoms with Crippen molar-refractivity contribution in [3.63, 3.8) is 0 Å². The van der Waals surface area contributed by atoms with Gasteiger partial charge in [0.2, 0.25) is 0 Å². The maximum atomic E-state index is 13.8. The Labute approximate surface area is 188 Å². The highest BCUT2D eigenvalue weighted by atomic mass is 19.1. The van der Waals surface area contributed by atoms with Gasteiger partial charge in [-0.2, -0.15) is 5.23 Å². The van der Waals surface area contributed by atoms with E-state index in [2.05, 4.69) is 0 Å². The Kier molecular flexibility index (Phi) is 7.52. The van der Waals surface area contributed by atoms with Crippen molar-refractivity contribution >= 4 is 23.5 Å². The first-order valence-corrected chi connectivity index (χ1v) is 9.62. The lowest BCUT2D eigenvalue weighted by molar-refractivity contribution is -0.991. The molecule has 0 amide bonds. The molecule has 1 unspecified atom stereocenters. The van der Waals surface area contributed by atoms with Gasteiger partial charge in [-0.15, -0.1) is 0 Å². The van der Waals surface area contributed by atoms with Crippen molar-refractivity contribution in [2.24, 2.45) is 0 Å². The molecule has 0 saturated heterocycles. The average molecular weight is 453 g/mol. The van der Waals surface area contributed by atoms with Crippen LogP contribution in [-0.2, 0) is 0 Å². The summed E-state index contributed by atoms with van der Waals surface area (Å²) < 4.78 is 29.5. The highest BCUT2D eigenvalue weighted by molar-refractivity contribution is 6.09. The zero-order valence-electron chi connectivity index (χ0n) is 17.7. The van der Waals surface area contributed by atoms with Crippen molar-refractivity contribution < 1.29 is 38.6 Å². The SMILES string of the molecule is COc1ccc(C=CC(=O)c2cc(F)ccc2OC(=O)c2cccc([NH+]([O-])O)c2)cc1OC. The van der Waals surface area contributed by atoms with Gasteiger partial charge in [0.1, 0.15) is 11.6 Å². The van der Waals surface area contributed by atoms with E-state index in [4.69, 9.17) is 19.4 Å². The van der Waals surface area contributed by atoms with E-state index < -0.39 is 22.8 Å². The Balaban J connectivity index is 1.85. The van der Waals surface area contributed by atoms with Gasteiger partial charge in [-0.05, 0) is 48.0 Å². The van der Waals surface area contributed by atoms with E-state index in [0.29, 0.717) is 17.1 Å². The zero-order valence-corrected chi connectivity index (χ0v) is 17.7. The first-order chi connectivity index (χ1) is 15.8. The van der Waals surface area contributed by atoms with E-state index in [1.807, 2.05) is 0 Å². The number of benzene rings is 3. The second-order valence-electron chi connectivity index (χ2n) is 6.73. The van der Waals surface area contributed by atoms with Crippen molar-refractivity contribution in [2.75, 3.05) is 14.2 Å². The summed E-state index contributed by atoms with van der Waals surface area (Å²) in [6.07, 6.45) is 2.70. The summed E-state index contributed by atoms with van der Waals surface area (Å²) in [6.45, 7) is 0. The van der Waals surface area contributed by atoms with Crippen LogP contribution in [0.4, 0.5) is 10.1 Å². The second kappa shape index (κ2) is 10.5. The molecule has 1 atom stereocenters. The molecule has 0 radical (unpaired) electrons. The van der Waals surface area contributed by atoms with Gasteiger partial charge in [-0.25, -0.2) is 14.4 Å². The van der Waals surface area contributed by atoms with E-state index in [1.165, 1.54) is 44.6 Å². The summed E-state index contributed by atoms with van der Waals surface area (Å²) in [5.41, 5.74) is 0.326. The maximum Gasteiger partial charge on any atom is 0.343 e. The molecule has 0 saturated carbocycles. The van der Waals surface area contributed by atoms with Gasteiger partial charge < -0.3 is 19.4 Å². The number of rotatable bonds is 8. The summed E-state index contributed by atoms with van der Waals surface area (Å²) >= 11 is 0. The van der Waals surface area contributed by atoms with Crippen molar-refractivity contribution in [3.8, 4) is 17.2 Å². The number of esters is 1. The number of carbonyl (C=O) groups is 2. The van der Waals surface area contributed by atoms with Gasteiger partial charge in [-0.3, -0.25) is 4.79 Å². The highest BCUT2D eigenvalue weighted by Gasteiger charge is 2.17. The molecule has 0 aromatic heterocycles. The number of carbonyl (C=O) groups excluding carboxylic acids is 2. The predicted molar refractivity (Wildman–Crippen MR) is 116 cm³/mol. The minimum atomic E-state index is -1.21. The fraction of sp³-hybridized carbons (Fsp3) is 0.0833. The summed E-state index contributed by atoms with van der Waals surface area (Å²) in [6, 6.07) is 13.4. The first kappa shape index (κ1) is 23.6. The van der Waals surface area contributed by atoms with Gasteiger partial charge in [0.25, 0.3) is 0 Å². The summed E-state index contributed by atoms with van der Waals surface area (Å²) in [5, 5.41) is 19.0. The van der Waals surface area contributed by atoms with Crippen LogP contribution in [0.25, 0.3) is 6.08 Å². The lowest BCUT2D eigenvalue weighted by atomic mass is 10.1. The number of nitrogens with one attached hydrogen (secondary N) is 1. The van der Waals surface area contributed by atoms with Crippen molar-refractivity contribution in [2.45, 2.75) is 0 Å². The van der Waals surface area contributed by atoms with Gasteiger partial charge in [-0.1, -0.05) is 18.2 Å². The molecule has 3 aromatic carbocycles. The van der Waals surface area contributed by atoms with Crippen LogP contribution in [0, 0.1) is 11.0 Å². The lowest BCUT2D eigenvalue weighted by Gasteiger charge is -2.12. The van der Waals surface area contributed by atoms with E-state index >= 15 is 0 Å². The Morgan fingerprint density at radius 1 is 0.970 bits per heavy atom. The minimum absolute atomic E-state index is 0.0292. The Morgan fingerprint density at radius 3 is 2.39 bits per heavy atom. The number of ether oxygens (including phenoxy) is 3. The molecule has 2 N–H and O–H groups in total. The molecule has 0 aliphatic heterocycles. The molecule has 0 bridgehead atoms. The van der Waals surface area contributed by atoms with E-state index in [-0.39, 0.29) is 22.6 Å². The fourth-order valence-corrected chi connectivity index (χ4v) is 2.94. The molecule has 33 heavy (non-hydrogen) atoms. The standard InChI is InChI=1S/C24H20FNO7/c1-31-22-10-7-15(12-23(22)32-2)6-9-20(27)19-14-17(25)8-11-21(19)33-24(28)16-4-3-5-18(13-16)26(29)30/h3-14,26,29H,1-2H3. The zero-order chi connectivity index (χ0) is 24.0. The summed E-state index contributed by atoms with van der Waals surface area (Å²) in [7, 11) is 2.98. The number of methoxy groups -OCH3 is 2. The Morgan fingerprint density at radius 2 is 1.70 bits per heavy atom. The van der Waals surface area contributed by atoms with Gasteiger partial charge in [0.05, 0.1) is 25.3 Å². The van der Waals surface area contributed by atoms with Crippen LogP contribution >= 0.6 is 0 Å². The molecule has 3 aromatic rings. The quantitative estimate of drug-likeness (QED) is 0.177. The molecule has 0 aliphatic carbocycles. The smallest absolute Gasteiger partial charge is 0.343 e. The largest absolute Gasteiger partial charge is 0.595 e. The molecule has 0 spiro atoms. The van der Waals surface area contributed by atoms with Crippen LogP contribution in [0.15, 0.2) is 66.7 Å². The van der Waals surface area contributed by atoms with Gasteiger partial charge >= 0.3 is 5.97 Å². The van der Waals surface area contributed by atoms with Crippen LogP contribution in [-0.4, -0.2) is 31.2 Å². The van der Waals surface area contributed by atoms with Crippen LogP contribution in [0.2, 0.25) is 0 Å². The number of halogens is 1. The van der Waals surface area contributed by atoms with E-state index in [1.54, 1.807) is 18.2 Å². The number of quaternary nitrogens is 1. The number of ketones is 1. The third-order valence-corrected chi connectivity index (χ3v) is 4.59. The highest BCUT2D eigenvalue weighted by Crippen LogP contribution is 2.28. The predicted octanol–water partition coefficient (Wildman–Crippen LogP) is 3.36. The number of hydrogen-bond donors (Lipinski definition) is 2. The molecule has 170 valence electrons. The molecular formula is C24H20FNO7. The van der Waals surface area contributed by atoms with Crippen LogP contribution in [0.5, 0.6) is 17.2 Å². The molecular weight excluding hydrogens is 433 g/mol. The van der Waals surface area contributed by atoms with Crippen LogP contribution in [0.1, 0.15) is 26.3 Å². The van der Waals surface area contributed by atoms with Crippen molar-refractivity contribution in [1.29, 1.82) is 0 Å². The molecule has 0 aliphatic rings. The third kappa shape index (κ3) is 5.80. The summed E-state index contributed by atoms with van der Waals surface area (Å²) in [5.74, 6) is -1.35. The van der Waals surface area contributed by atoms with Gasteiger partial charge in [0, 0.05) is 12.1 Å². The Hall–Kier alpha value is -4.05. The fourth-order valence-electron chi connectivity index (χ4n) is 2.94. The lowest BCUT2D eigenvalue weighted by Crippen LogP contribution is -2.99. The molecule has 0 heterocycles. The average Bonchev–Trinajstić information content (AvgIpc) is 2.83. The molecule has 3 rings (SSSR count). The monoisotopic (exact) mass is 453 g/mol. The maximum absolute atomic E-state index is 13.8.